The highest BCUT2D eigenvalue weighted by atomic mass is 32.1. The first-order valence-electron chi connectivity index (χ1n) is 12.5. The fraction of sp³-hybridized carbons (Fsp3) is 0.129. The molecule has 9 heteroatoms. The van der Waals surface area contributed by atoms with Crippen LogP contribution in [0.2, 0.25) is 0 Å². The Morgan fingerprint density at radius 3 is 2.38 bits per heavy atom. The maximum absolute atomic E-state index is 13.5. The van der Waals surface area contributed by atoms with Crippen molar-refractivity contribution in [3.8, 4) is 17.2 Å². The van der Waals surface area contributed by atoms with Crippen molar-refractivity contribution in [2.45, 2.75) is 20.5 Å². The number of amides is 2. The van der Waals surface area contributed by atoms with Gasteiger partial charge in [-0.1, -0.05) is 24.3 Å². The van der Waals surface area contributed by atoms with Crippen molar-refractivity contribution < 1.29 is 23.5 Å². The molecule has 0 aliphatic carbocycles. The Labute approximate surface area is 236 Å². The smallest absolute Gasteiger partial charge is 0.270 e. The summed E-state index contributed by atoms with van der Waals surface area (Å²) in [5.74, 6) is -0.252. The average Bonchev–Trinajstić information content (AvgIpc) is 3.23. The van der Waals surface area contributed by atoms with Crippen molar-refractivity contribution in [1.29, 1.82) is 0 Å². The molecule has 0 unspecified atom stereocenters. The van der Waals surface area contributed by atoms with Crippen LogP contribution in [0.4, 0.5) is 10.1 Å². The van der Waals surface area contributed by atoms with Crippen LogP contribution >= 0.6 is 12.2 Å². The van der Waals surface area contributed by atoms with Gasteiger partial charge in [-0.3, -0.25) is 14.9 Å². The summed E-state index contributed by atoms with van der Waals surface area (Å²) < 4.78 is 26.4. The summed E-state index contributed by atoms with van der Waals surface area (Å²) in [5, 5.41) is 2.61. The fourth-order valence-electron chi connectivity index (χ4n) is 4.62. The molecular formula is C31H26FN3O4S. The molecule has 1 N–H and O–H groups in total. The number of hydrogen-bond acceptors (Lipinski definition) is 5. The Morgan fingerprint density at radius 2 is 1.68 bits per heavy atom. The second kappa shape index (κ2) is 11.2. The number of benzene rings is 3. The highest BCUT2D eigenvalue weighted by Crippen LogP contribution is 2.32. The van der Waals surface area contributed by atoms with Crippen molar-refractivity contribution >= 4 is 40.9 Å². The van der Waals surface area contributed by atoms with E-state index in [1.165, 1.54) is 24.1 Å². The molecule has 1 aliphatic heterocycles. The van der Waals surface area contributed by atoms with Gasteiger partial charge in [0.25, 0.3) is 11.8 Å². The molecule has 1 aromatic heterocycles. The Bertz CT molecular complexity index is 1640. The molecule has 1 aliphatic rings. The Balaban J connectivity index is 1.40. The van der Waals surface area contributed by atoms with Crippen molar-refractivity contribution in [2.75, 3.05) is 12.0 Å². The number of para-hydroxylation sites is 2. The third-order valence-corrected chi connectivity index (χ3v) is 6.90. The van der Waals surface area contributed by atoms with Gasteiger partial charge in [-0.05, 0) is 97.9 Å². The quantitative estimate of drug-likeness (QED) is 0.181. The van der Waals surface area contributed by atoms with Crippen LogP contribution in [-0.2, 0) is 16.2 Å². The zero-order valence-corrected chi connectivity index (χ0v) is 22.9. The van der Waals surface area contributed by atoms with E-state index in [9.17, 15) is 14.0 Å². The molecule has 40 heavy (non-hydrogen) atoms. The van der Waals surface area contributed by atoms with Crippen LogP contribution < -0.4 is 19.7 Å². The van der Waals surface area contributed by atoms with E-state index in [1.54, 1.807) is 42.5 Å². The number of methoxy groups -OCH3 is 1. The molecular weight excluding hydrogens is 529 g/mol. The summed E-state index contributed by atoms with van der Waals surface area (Å²) in [6.07, 6.45) is 1.58. The van der Waals surface area contributed by atoms with Crippen LogP contribution in [0.3, 0.4) is 0 Å². The van der Waals surface area contributed by atoms with E-state index in [-0.39, 0.29) is 16.5 Å². The number of nitrogens with zero attached hydrogens (tertiary/aromatic N) is 2. The minimum absolute atomic E-state index is 0.0103. The van der Waals surface area contributed by atoms with Gasteiger partial charge in [-0.25, -0.2) is 9.29 Å². The van der Waals surface area contributed by atoms with Gasteiger partial charge in [0.2, 0.25) is 0 Å². The second-order valence-electron chi connectivity index (χ2n) is 9.20. The number of nitrogens with one attached hydrogen (secondary N) is 1. The SMILES string of the molecule is COc1ccccc1N1C(=O)/C(=C/c2cc(C)n(-c3ccc(OCc4ccc(F)cc4)cc3)c2C)C(=O)NC1=S. The van der Waals surface area contributed by atoms with Gasteiger partial charge in [0.15, 0.2) is 5.11 Å². The average molecular weight is 556 g/mol. The zero-order chi connectivity index (χ0) is 28.4. The highest BCUT2D eigenvalue weighted by molar-refractivity contribution is 7.80. The Morgan fingerprint density at radius 1 is 0.975 bits per heavy atom. The third-order valence-electron chi connectivity index (χ3n) is 6.61. The molecule has 5 rings (SSSR count). The van der Waals surface area contributed by atoms with Crippen molar-refractivity contribution in [3.05, 3.63) is 113 Å². The lowest BCUT2D eigenvalue weighted by Crippen LogP contribution is -2.54. The normalized spacial score (nSPS) is 14.4. The van der Waals surface area contributed by atoms with Gasteiger partial charge in [-0.2, -0.15) is 0 Å². The van der Waals surface area contributed by atoms with Crippen LogP contribution in [0.5, 0.6) is 11.5 Å². The molecule has 1 fully saturated rings. The highest BCUT2D eigenvalue weighted by Gasteiger charge is 2.36. The first-order valence-corrected chi connectivity index (χ1v) is 12.9. The lowest BCUT2D eigenvalue weighted by molar-refractivity contribution is -0.122. The number of rotatable bonds is 7. The maximum atomic E-state index is 13.5. The second-order valence-corrected chi connectivity index (χ2v) is 9.59. The molecule has 4 aromatic rings. The third kappa shape index (κ3) is 5.23. The van der Waals surface area contributed by atoms with Gasteiger partial charge >= 0.3 is 0 Å². The lowest BCUT2D eigenvalue weighted by atomic mass is 10.1. The molecule has 2 heterocycles. The molecule has 3 aromatic carbocycles. The van der Waals surface area contributed by atoms with Gasteiger partial charge in [-0.15, -0.1) is 0 Å². The van der Waals surface area contributed by atoms with Crippen molar-refractivity contribution in [3.63, 3.8) is 0 Å². The number of thiocarbonyl (C=S) groups is 1. The molecule has 2 amide bonds. The zero-order valence-electron chi connectivity index (χ0n) is 22.1. The summed E-state index contributed by atoms with van der Waals surface area (Å²) >= 11 is 5.33. The van der Waals surface area contributed by atoms with E-state index >= 15 is 0 Å². The number of carbonyl (C=O) groups is 2. The van der Waals surface area contributed by atoms with Gasteiger partial charge in [0.05, 0.1) is 12.8 Å². The van der Waals surface area contributed by atoms with E-state index < -0.39 is 11.8 Å². The monoisotopic (exact) mass is 555 g/mol. The van der Waals surface area contributed by atoms with Crippen LogP contribution in [0.25, 0.3) is 11.8 Å². The van der Waals surface area contributed by atoms with Crippen LogP contribution in [0, 0.1) is 19.7 Å². The number of aromatic nitrogens is 1. The summed E-state index contributed by atoms with van der Waals surface area (Å²) in [5.41, 5.74) is 4.66. The largest absolute Gasteiger partial charge is 0.495 e. The molecule has 7 nitrogen and oxygen atoms in total. The van der Waals surface area contributed by atoms with Crippen LogP contribution in [-0.4, -0.2) is 28.6 Å². The van der Waals surface area contributed by atoms with Gasteiger partial charge in [0.1, 0.15) is 29.5 Å². The summed E-state index contributed by atoms with van der Waals surface area (Å²) in [6.45, 7) is 4.20. The predicted octanol–water partition coefficient (Wildman–Crippen LogP) is 5.65. The number of anilines is 1. The van der Waals surface area contributed by atoms with Crippen LogP contribution in [0.1, 0.15) is 22.5 Å². The summed E-state index contributed by atoms with van der Waals surface area (Å²) in [4.78, 5) is 27.7. The molecule has 1 saturated heterocycles. The summed E-state index contributed by atoms with van der Waals surface area (Å²) in [6, 6.07) is 22.7. The molecule has 0 saturated carbocycles. The van der Waals surface area contributed by atoms with E-state index in [0.717, 1.165) is 28.2 Å². The van der Waals surface area contributed by atoms with E-state index in [4.69, 9.17) is 21.7 Å². The van der Waals surface area contributed by atoms with Crippen LogP contribution in [0.15, 0.2) is 84.4 Å². The molecule has 0 bridgehead atoms. The topological polar surface area (TPSA) is 72.8 Å². The number of aryl methyl sites for hydroxylation is 1. The predicted molar refractivity (Wildman–Crippen MR) is 155 cm³/mol. The van der Waals surface area contributed by atoms with Gasteiger partial charge in [0, 0.05) is 17.1 Å². The first kappa shape index (κ1) is 26.8. The summed E-state index contributed by atoms with van der Waals surface area (Å²) in [7, 11) is 1.50. The molecule has 202 valence electrons. The number of carbonyl (C=O) groups excluding carboxylic acids is 2. The number of halogens is 1. The van der Waals surface area contributed by atoms with E-state index in [2.05, 4.69) is 5.32 Å². The van der Waals surface area contributed by atoms with Gasteiger partial charge < -0.3 is 14.0 Å². The standard InChI is InChI=1S/C31H26FN3O4S/c1-19-16-22(17-26-29(36)33-31(40)35(30(26)37)27-6-4-5-7-28(27)38-3)20(2)34(19)24-12-14-25(15-13-24)39-18-21-8-10-23(32)11-9-21/h4-17H,18H2,1-3H3,(H,33,36,40)/b26-17+. The van der Waals surface area contributed by atoms with Crippen molar-refractivity contribution in [1.82, 2.24) is 9.88 Å². The minimum Gasteiger partial charge on any atom is -0.495 e. The first-order chi connectivity index (χ1) is 19.3. The minimum atomic E-state index is -0.561. The maximum Gasteiger partial charge on any atom is 0.270 e. The fourth-order valence-corrected chi connectivity index (χ4v) is 4.89. The number of ether oxygens (including phenoxy) is 2. The van der Waals surface area contributed by atoms with Crippen molar-refractivity contribution in [2.24, 2.45) is 0 Å². The Hall–Kier alpha value is -4.76. The lowest BCUT2D eigenvalue weighted by Gasteiger charge is -2.29. The molecule has 0 radical (unpaired) electrons. The van der Waals surface area contributed by atoms with E-state index in [1.807, 2.05) is 48.7 Å². The Kier molecular flexibility index (Phi) is 7.48. The molecule has 0 atom stereocenters. The van der Waals surface area contributed by atoms with E-state index in [0.29, 0.717) is 23.8 Å². The molecule has 0 spiro atoms. The number of hydrogen-bond donors (Lipinski definition) is 1.